The van der Waals surface area contributed by atoms with Crippen LogP contribution in [-0.2, 0) is 14.8 Å². The minimum absolute atomic E-state index is 0.0886. The summed E-state index contributed by atoms with van der Waals surface area (Å²) in [6, 6.07) is 4.42. The van der Waals surface area contributed by atoms with Gasteiger partial charge in [0.1, 0.15) is 0 Å². The Kier molecular flexibility index (Phi) is 6.22. The fraction of sp³-hybridized carbons (Fsp3) is 0.611. The highest BCUT2D eigenvalue weighted by atomic mass is 35.5. The molecule has 2 atom stereocenters. The first kappa shape index (κ1) is 19.6. The lowest BCUT2D eigenvalue weighted by Crippen LogP contribution is -2.41. The fourth-order valence-electron chi connectivity index (χ4n) is 3.55. The molecule has 1 saturated carbocycles. The number of nitrogens with one attached hydrogen (secondary N) is 1. The van der Waals surface area contributed by atoms with E-state index in [1.54, 1.807) is 0 Å². The Morgan fingerprint density at radius 2 is 1.92 bits per heavy atom. The quantitative estimate of drug-likeness (QED) is 0.843. The van der Waals surface area contributed by atoms with Crippen molar-refractivity contribution in [2.75, 3.05) is 26.3 Å². The first-order chi connectivity index (χ1) is 12.4. The van der Waals surface area contributed by atoms with Crippen molar-refractivity contribution >= 4 is 27.5 Å². The second-order valence-electron chi connectivity index (χ2n) is 7.00. The van der Waals surface area contributed by atoms with Gasteiger partial charge >= 0.3 is 0 Å². The summed E-state index contributed by atoms with van der Waals surface area (Å²) in [6.45, 7) is 3.50. The highest BCUT2D eigenvalue weighted by Gasteiger charge is 2.29. The van der Waals surface area contributed by atoms with E-state index in [1.807, 2.05) is 0 Å². The van der Waals surface area contributed by atoms with Crippen LogP contribution in [0.25, 0.3) is 0 Å². The van der Waals surface area contributed by atoms with E-state index in [0.29, 0.717) is 32.2 Å². The minimum atomic E-state index is -3.66. The molecule has 1 saturated heterocycles. The van der Waals surface area contributed by atoms with Gasteiger partial charge in [-0.3, -0.25) is 4.79 Å². The molecule has 6 nitrogen and oxygen atoms in total. The molecule has 144 valence electrons. The molecule has 1 aromatic carbocycles. The number of sulfonamides is 1. The molecule has 26 heavy (non-hydrogen) atoms. The Hall–Kier alpha value is -1.15. The maximum atomic E-state index is 12.8. The van der Waals surface area contributed by atoms with Crippen LogP contribution in [0.1, 0.15) is 43.0 Å². The zero-order valence-electron chi connectivity index (χ0n) is 14.9. The number of nitrogens with zero attached hydrogens (tertiary/aromatic N) is 1. The molecule has 2 fully saturated rings. The normalized spacial score (nSPS) is 25.0. The summed E-state index contributed by atoms with van der Waals surface area (Å²) < 4.78 is 32.2. The summed E-state index contributed by atoms with van der Waals surface area (Å²) in [6.07, 6.45) is 4.30. The molecule has 1 aliphatic heterocycles. The summed E-state index contributed by atoms with van der Waals surface area (Å²) in [7, 11) is -3.66. The molecule has 0 radical (unpaired) electrons. The standard InChI is InChI=1S/C18H25ClN2O4S/c1-13-4-2-3-5-17(13)20-18(22)15-12-14(6-7-16(15)19)26(23,24)21-8-10-25-11-9-21/h6-7,12-13,17H,2-5,8-11H2,1H3,(H,20,22)/t13-,17-/m0/s1. The Labute approximate surface area is 159 Å². The van der Waals surface area contributed by atoms with Gasteiger partial charge in [-0.2, -0.15) is 4.31 Å². The molecular weight excluding hydrogens is 376 g/mol. The van der Waals surface area contributed by atoms with Crippen molar-refractivity contribution in [3.8, 4) is 0 Å². The third kappa shape index (κ3) is 4.22. The molecule has 0 unspecified atom stereocenters. The van der Waals surface area contributed by atoms with Crippen LogP contribution in [0.3, 0.4) is 0 Å². The van der Waals surface area contributed by atoms with Crippen molar-refractivity contribution in [2.24, 2.45) is 5.92 Å². The van der Waals surface area contributed by atoms with Gasteiger partial charge in [0.2, 0.25) is 10.0 Å². The lowest BCUT2D eigenvalue weighted by molar-refractivity contribution is 0.0730. The van der Waals surface area contributed by atoms with Gasteiger partial charge < -0.3 is 10.1 Å². The number of carbonyl (C=O) groups is 1. The average molecular weight is 401 g/mol. The third-order valence-electron chi connectivity index (χ3n) is 5.22. The van der Waals surface area contributed by atoms with Gasteiger partial charge in [-0.05, 0) is 37.0 Å². The second kappa shape index (κ2) is 8.25. The molecule has 1 N–H and O–H groups in total. The van der Waals surface area contributed by atoms with Gasteiger partial charge in [-0.1, -0.05) is 31.4 Å². The van der Waals surface area contributed by atoms with Gasteiger partial charge in [-0.25, -0.2) is 8.42 Å². The summed E-state index contributed by atoms with van der Waals surface area (Å²) in [5.41, 5.74) is 0.207. The number of hydrogen-bond acceptors (Lipinski definition) is 4. The molecule has 0 spiro atoms. The van der Waals surface area contributed by atoms with Crippen LogP contribution in [0.5, 0.6) is 0 Å². The maximum Gasteiger partial charge on any atom is 0.253 e. The molecule has 1 amide bonds. The number of carbonyl (C=O) groups excluding carboxylic acids is 1. The van der Waals surface area contributed by atoms with Crippen LogP contribution in [0.15, 0.2) is 23.1 Å². The van der Waals surface area contributed by atoms with E-state index < -0.39 is 10.0 Å². The average Bonchev–Trinajstić information content (AvgIpc) is 2.64. The molecule has 1 heterocycles. The van der Waals surface area contributed by atoms with Gasteiger partial charge in [0.05, 0.1) is 28.7 Å². The summed E-state index contributed by atoms with van der Waals surface area (Å²) >= 11 is 6.19. The SMILES string of the molecule is C[C@H]1CCCC[C@@H]1NC(=O)c1cc(S(=O)(=O)N2CCOCC2)ccc1Cl. The largest absolute Gasteiger partial charge is 0.379 e. The van der Waals surface area contributed by atoms with E-state index in [4.69, 9.17) is 16.3 Å². The molecule has 0 aromatic heterocycles. The van der Waals surface area contributed by atoms with Crippen molar-refractivity contribution in [1.82, 2.24) is 9.62 Å². The Balaban J connectivity index is 1.81. The summed E-state index contributed by atoms with van der Waals surface area (Å²) in [4.78, 5) is 12.8. The topological polar surface area (TPSA) is 75.7 Å². The van der Waals surface area contributed by atoms with E-state index in [1.165, 1.54) is 28.9 Å². The van der Waals surface area contributed by atoms with Crippen molar-refractivity contribution in [3.05, 3.63) is 28.8 Å². The van der Waals surface area contributed by atoms with Crippen molar-refractivity contribution in [3.63, 3.8) is 0 Å². The summed E-state index contributed by atoms with van der Waals surface area (Å²) in [5.74, 6) is 0.0968. The zero-order valence-corrected chi connectivity index (χ0v) is 16.5. The molecule has 1 aliphatic carbocycles. The maximum absolute atomic E-state index is 12.8. The number of hydrogen-bond donors (Lipinski definition) is 1. The predicted octanol–water partition coefficient (Wildman–Crippen LogP) is 2.67. The van der Waals surface area contributed by atoms with Crippen LogP contribution < -0.4 is 5.32 Å². The zero-order chi connectivity index (χ0) is 18.7. The lowest BCUT2D eigenvalue weighted by atomic mass is 9.86. The molecule has 0 bridgehead atoms. The fourth-order valence-corrected chi connectivity index (χ4v) is 5.19. The minimum Gasteiger partial charge on any atom is -0.379 e. The van der Waals surface area contributed by atoms with Crippen LogP contribution in [-0.4, -0.2) is 51.0 Å². The van der Waals surface area contributed by atoms with Crippen molar-refractivity contribution < 1.29 is 17.9 Å². The van der Waals surface area contributed by atoms with E-state index in [9.17, 15) is 13.2 Å². The van der Waals surface area contributed by atoms with Crippen molar-refractivity contribution in [2.45, 2.75) is 43.5 Å². The Morgan fingerprint density at radius 3 is 2.62 bits per heavy atom. The van der Waals surface area contributed by atoms with E-state index in [0.717, 1.165) is 19.3 Å². The number of amides is 1. The van der Waals surface area contributed by atoms with E-state index >= 15 is 0 Å². The molecule has 2 aliphatic rings. The monoisotopic (exact) mass is 400 g/mol. The van der Waals surface area contributed by atoms with E-state index in [2.05, 4.69) is 12.2 Å². The van der Waals surface area contributed by atoms with Gasteiger partial charge in [-0.15, -0.1) is 0 Å². The smallest absolute Gasteiger partial charge is 0.253 e. The predicted molar refractivity (Wildman–Crippen MR) is 99.9 cm³/mol. The number of benzene rings is 1. The summed E-state index contributed by atoms with van der Waals surface area (Å²) in [5, 5.41) is 3.29. The van der Waals surface area contributed by atoms with Crippen molar-refractivity contribution in [1.29, 1.82) is 0 Å². The lowest BCUT2D eigenvalue weighted by Gasteiger charge is -2.29. The Bertz CT molecular complexity index is 762. The second-order valence-corrected chi connectivity index (χ2v) is 9.34. The first-order valence-corrected chi connectivity index (χ1v) is 10.9. The molecular formula is C18H25ClN2O4S. The highest BCUT2D eigenvalue weighted by molar-refractivity contribution is 7.89. The molecule has 8 heteroatoms. The number of halogens is 1. The van der Waals surface area contributed by atoms with Crippen LogP contribution in [0, 0.1) is 5.92 Å². The van der Waals surface area contributed by atoms with E-state index in [-0.39, 0.29) is 27.4 Å². The van der Waals surface area contributed by atoms with Gasteiger partial charge in [0.15, 0.2) is 0 Å². The highest BCUT2D eigenvalue weighted by Crippen LogP contribution is 2.26. The Morgan fingerprint density at radius 1 is 1.23 bits per heavy atom. The number of rotatable bonds is 4. The third-order valence-corrected chi connectivity index (χ3v) is 7.44. The first-order valence-electron chi connectivity index (χ1n) is 9.08. The van der Waals surface area contributed by atoms with Gasteiger partial charge in [0, 0.05) is 19.1 Å². The number of ether oxygens (including phenoxy) is 1. The molecule has 3 rings (SSSR count). The van der Waals surface area contributed by atoms with Gasteiger partial charge in [0.25, 0.3) is 5.91 Å². The van der Waals surface area contributed by atoms with Crippen LogP contribution in [0.4, 0.5) is 0 Å². The molecule has 1 aromatic rings. The van der Waals surface area contributed by atoms with Crippen LogP contribution >= 0.6 is 11.6 Å². The number of morpholine rings is 1. The van der Waals surface area contributed by atoms with Crippen LogP contribution in [0.2, 0.25) is 5.02 Å².